The average Bonchev–Trinajstić information content (AvgIpc) is 3.44. The van der Waals surface area contributed by atoms with Gasteiger partial charge in [-0.15, -0.1) is 0 Å². The number of hydrogen-bond acceptors (Lipinski definition) is 3. The molecule has 0 bridgehead atoms. The van der Waals surface area contributed by atoms with E-state index in [-0.39, 0.29) is 0 Å². The lowest BCUT2D eigenvalue weighted by Crippen LogP contribution is -2.09. The first kappa shape index (κ1) is 26.5. The molecule has 0 saturated heterocycles. The summed E-state index contributed by atoms with van der Waals surface area (Å²) in [7, 11) is 0. The van der Waals surface area contributed by atoms with Gasteiger partial charge in [0, 0.05) is 51.1 Å². The molecule has 0 aliphatic heterocycles. The molecular formula is C41H30N4. The van der Waals surface area contributed by atoms with E-state index in [9.17, 15) is 0 Å². The van der Waals surface area contributed by atoms with Crippen molar-refractivity contribution in [2.24, 2.45) is 0 Å². The fourth-order valence-electron chi connectivity index (χ4n) is 6.24. The molecular weight excluding hydrogens is 548 g/mol. The Hall–Kier alpha value is -6.13. The smallest absolute Gasteiger partial charge is 0.0645 e. The van der Waals surface area contributed by atoms with E-state index in [1.807, 2.05) is 18.5 Å². The monoisotopic (exact) mass is 578 g/mol. The number of aromatic nitrogens is 2. The van der Waals surface area contributed by atoms with Gasteiger partial charge in [0.2, 0.25) is 0 Å². The Bertz CT molecular complexity index is 1980. The van der Waals surface area contributed by atoms with Crippen molar-refractivity contribution in [3.05, 3.63) is 182 Å². The SMILES string of the molecule is c1ccc(N(c2ccccc2)c2ccc3c(c2)c2cc(N(c4ccccc4)c4ccccc4)ccc2n3-c2cccnc2)cc1. The maximum atomic E-state index is 4.47. The number of benzene rings is 6. The van der Waals surface area contributed by atoms with Gasteiger partial charge < -0.3 is 14.4 Å². The van der Waals surface area contributed by atoms with Gasteiger partial charge in [0.15, 0.2) is 0 Å². The highest BCUT2D eigenvalue weighted by Crippen LogP contribution is 2.42. The topological polar surface area (TPSA) is 24.3 Å². The number of rotatable bonds is 7. The van der Waals surface area contributed by atoms with E-state index in [0.29, 0.717) is 0 Å². The van der Waals surface area contributed by atoms with Crippen LogP contribution in [0.3, 0.4) is 0 Å². The van der Waals surface area contributed by atoms with Crippen LogP contribution >= 0.6 is 0 Å². The van der Waals surface area contributed by atoms with Crippen LogP contribution in [-0.4, -0.2) is 9.55 Å². The molecule has 214 valence electrons. The second-order valence-corrected chi connectivity index (χ2v) is 11.0. The van der Waals surface area contributed by atoms with Gasteiger partial charge in [0.1, 0.15) is 0 Å². The van der Waals surface area contributed by atoms with E-state index < -0.39 is 0 Å². The van der Waals surface area contributed by atoms with Crippen molar-refractivity contribution in [1.82, 2.24) is 9.55 Å². The molecule has 4 nitrogen and oxygen atoms in total. The summed E-state index contributed by atoms with van der Waals surface area (Å²) in [4.78, 5) is 9.10. The Balaban J connectivity index is 1.39. The minimum atomic E-state index is 1.03. The van der Waals surface area contributed by atoms with Crippen molar-refractivity contribution in [3.63, 3.8) is 0 Å². The molecule has 0 aliphatic carbocycles. The highest BCUT2D eigenvalue weighted by atomic mass is 15.1. The molecule has 2 aromatic heterocycles. The van der Waals surface area contributed by atoms with Crippen LogP contribution in [0.5, 0.6) is 0 Å². The number of anilines is 6. The highest BCUT2D eigenvalue weighted by molar-refractivity contribution is 6.12. The predicted octanol–water partition coefficient (Wildman–Crippen LogP) is 11.1. The molecule has 0 spiro atoms. The Kier molecular flexibility index (Phi) is 6.78. The molecule has 4 heteroatoms. The molecule has 0 aliphatic rings. The number of para-hydroxylation sites is 4. The van der Waals surface area contributed by atoms with E-state index >= 15 is 0 Å². The zero-order valence-electron chi connectivity index (χ0n) is 24.6. The molecule has 6 aromatic carbocycles. The standard InChI is InChI=1S/C41H30N4/c1-5-14-31(15-6-1)43(32-16-7-2-8-17-32)35-23-25-40-38(28-35)39-29-36(24-26-41(39)45(40)37-22-13-27-42-30-37)44(33-18-9-3-10-19-33)34-20-11-4-12-21-34/h1-30H. The first-order valence-electron chi connectivity index (χ1n) is 15.1. The first-order chi connectivity index (χ1) is 22.3. The van der Waals surface area contributed by atoms with Crippen molar-refractivity contribution in [3.8, 4) is 5.69 Å². The Morgan fingerprint density at radius 3 is 1.13 bits per heavy atom. The lowest BCUT2D eigenvalue weighted by atomic mass is 10.1. The van der Waals surface area contributed by atoms with E-state index in [1.165, 1.54) is 10.8 Å². The van der Waals surface area contributed by atoms with Crippen LogP contribution in [0.2, 0.25) is 0 Å². The van der Waals surface area contributed by atoms with Crippen LogP contribution in [0.1, 0.15) is 0 Å². The average molecular weight is 579 g/mol. The molecule has 0 fully saturated rings. The van der Waals surface area contributed by atoms with Gasteiger partial charge in [-0.3, -0.25) is 4.98 Å². The number of hydrogen-bond donors (Lipinski definition) is 0. The second-order valence-electron chi connectivity index (χ2n) is 11.0. The van der Waals surface area contributed by atoms with Gasteiger partial charge >= 0.3 is 0 Å². The van der Waals surface area contributed by atoms with Crippen molar-refractivity contribution in [2.45, 2.75) is 0 Å². The number of pyridine rings is 1. The highest BCUT2D eigenvalue weighted by Gasteiger charge is 2.19. The van der Waals surface area contributed by atoms with Crippen LogP contribution < -0.4 is 9.80 Å². The lowest BCUT2D eigenvalue weighted by molar-refractivity contribution is 1.14. The Labute approximate surface area is 262 Å². The molecule has 0 saturated carbocycles. The van der Waals surface area contributed by atoms with Crippen LogP contribution in [0.25, 0.3) is 27.5 Å². The molecule has 0 unspecified atom stereocenters. The fourth-order valence-corrected chi connectivity index (χ4v) is 6.24. The third kappa shape index (κ3) is 4.89. The van der Waals surface area contributed by atoms with Gasteiger partial charge in [-0.25, -0.2) is 0 Å². The van der Waals surface area contributed by atoms with Crippen LogP contribution in [0.15, 0.2) is 182 Å². The maximum Gasteiger partial charge on any atom is 0.0645 e. The van der Waals surface area contributed by atoms with E-state index in [0.717, 1.165) is 50.8 Å². The van der Waals surface area contributed by atoms with Gasteiger partial charge in [0.05, 0.1) is 22.9 Å². The summed E-state index contributed by atoms with van der Waals surface area (Å²) in [6, 6.07) is 59.9. The summed E-state index contributed by atoms with van der Waals surface area (Å²) in [5.74, 6) is 0. The minimum absolute atomic E-state index is 1.03. The van der Waals surface area contributed by atoms with Crippen molar-refractivity contribution in [1.29, 1.82) is 0 Å². The zero-order valence-corrected chi connectivity index (χ0v) is 24.6. The summed E-state index contributed by atoms with van der Waals surface area (Å²) in [5.41, 5.74) is 9.93. The molecule has 45 heavy (non-hydrogen) atoms. The zero-order chi connectivity index (χ0) is 30.0. The minimum Gasteiger partial charge on any atom is -0.310 e. The number of nitrogens with zero attached hydrogens (tertiary/aromatic N) is 4. The third-order valence-electron chi connectivity index (χ3n) is 8.21. The van der Waals surface area contributed by atoms with Gasteiger partial charge in [0.25, 0.3) is 0 Å². The van der Waals surface area contributed by atoms with E-state index in [2.05, 4.69) is 183 Å². The summed E-state index contributed by atoms with van der Waals surface area (Å²) in [6.07, 6.45) is 3.75. The van der Waals surface area contributed by atoms with E-state index in [1.54, 1.807) is 0 Å². The summed E-state index contributed by atoms with van der Waals surface area (Å²) in [6.45, 7) is 0. The van der Waals surface area contributed by atoms with Gasteiger partial charge in [-0.1, -0.05) is 72.8 Å². The molecule has 0 N–H and O–H groups in total. The number of fused-ring (bicyclic) bond motifs is 3. The molecule has 8 rings (SSSR count). The van der Waals surface area contributed by atoms with Crippen molar-refractivity contribution < 1.29 is 0 Å². The molecule has 8 aromatic rings. The largest absolute Gasteiger partial charge is 0.310 e. The van der Waals surface area contributed by atoms with Crippen LogP contribution in [0.4, 0.5) is 34.1 Å². The fraction of sp³-hybridized carbons (Fsp3) is 0. The van der Waals surface area contributed by atoms with E-state index in [4.69, 9.17) is 0 Å². The van der Waals surface area contributed by atoms with Crippen molar-refractivity contribution in [2.75, 3.05) is 9.80 Å². The third-order valence-corrected chi connectivity index (χ3v) is 8.21. The summed E-state index contributed by atoms with van der Waals surface area (Å²) in [5, 5.41) is 2.34. The normalized spacial score (nSPS) is 11.1. The molecule has 2 heterocycles. The summed E-state index contributed by atoms with van der Waals surface area (Å²) >= 11 is 0. The van der Waals surface area contributed by atoms with Crippen molar-refractivity contribution >= 4 is 55.9 Å². The Morgan fingerprint density at radius 2 is 0.778 bits per heavy atom. The maximum absolute atomic E-state index is 4.47. The molecule has 0 atom stereocenters. The van der Waals surface area contributed by atoms with Crippen LogP contribution in [0, 0.1) is 0 Å². The van der Waals surface area contributed by atoms with Crippen LogP contribution in [-0.2, 0) is 0 Å². The predicted molar refractivity (Wildman–Crippen MR) is 188 cm³/mol. The summed E-state index contributed by atoms with van der Waals surface area (Å²) < 4.78 is 2.32. The lowest BCUT2D eigenvalue weighted by Gasteiger charge is -2.26. The van der Waals surface area contributed by atoms with Gasteiger partial charge in [-0.2, -0.15) is 0 Å². The van der Waals surface area contributed by atoms with Gasteiger partial charge in [-0.05, 0) is 97.1 Å². The second kappa shape index (κ2) is 11.5. The molecule has 0 amide bonds. The Morgan fingerprint density at radius 1 is 0.378 bits per heavy atom. The molecule has 0 radical (unpaired) electrons. The quantitative estimate of drug-likeness (QED) is 0.188. The first-order valence-corrected chi connectivity index (χ1v) is 15.1.